The summed E-state index contributed by atoms with van der Waals surface area (Å²) in [5, 5.41) is 12.3. The van der Waals surface area contributed by atoms with Gasteiger partial charge in [0.05, 0.1) is 12.9 Å². The van der Waals surface area contributed by atoms with Crippen LogP contribution in [-0.2, 0) is 18.9 Å². The summed E-state index contributed by atoms with van der Waals surface area (Å²) in [7, 11) is 0. The lowest BCUT2D eigenvalue weighted by molar-refractivity contribution is -0.199. The van der Waals surface area contributed by atoms with Gasteiger partial charge in [-0.05, 0) is 34.6 Å². The summed E-state index contributed by atoms with van der Waals surface area (Å²) in [6, 6.07) is 0. The fourth-order valence-electron chi connectivity index (χ4n) is 3.56. The van der Waals surface area contributed by atoms with Gasteiger partial charge in [-0.15, -0.1) is 0 Å². The third-order valence-electron chi connectivity index (χ3n) is 4.56. The van der Waals surface area contributed by atoms with Crippen molar-refractivity contribution in [3.63, 3.8) is 0 Å². The van der Waals surface area contributed by atoms with Crippen molar-refractivity contribution < 1.29 is 28.8 Å². The minimum atomic E-state index is -0.792. The van der Waals surface area contributed by atoms with Crippen LogP contribution in [0.1, 0.15) is 40.8 Å². The molecule has 0 unspecified atom stereocenters. The number of carbonyl (C=O) groups is 1. The van der Waals surface area contributed by atoms with Crippen molar-refractivity contribution in [3.05, 3.63) is 12.7 Å². The van der Waals surface area contributed by atoms with Gasteiger partial charge < -0.3 is 24.1 Å². The Labute approximate surface area is 167 Å². The Balaban J connectivity index is 1.64. The summed E-state index contributed by atoms with van der Waals surface area (Å²) in [4.78, 5) is 24.9. The van der Waals surface area contributed by atoms with Crippen LogP contribution in [0.5, 0.6) is 0 Å². The summed E-state index contributed by atoms with van der Waals surface area (Å²) in [6.45, 7) is 8.74. The maximum absolute atomic E-state index is 12.1. The number of amides is 1. The maximum Gasteiger partial charge on any atom is 0.413 e. The van der Waals surface area contributed by atoms with Crippen LogP contribution in [0.4, 0.5) is 10.6 Å². The lowest BCUT2D eigenvalue weighted by Crippen LogP contribution is -2.31. The molecule has 11 heteroatoms. The summed E-state index contributed by atoms with van der Waals surface area (Å²) in [5.74, 6) is -0.570. The van der Waals surface area contributed by atoms with Gasteiger partial charge in [0.25, 0.3) is 0 Å². The molecule has 0 aromatic carbocycles. The molecule has 2 fully saturated rings. The molecule has 11 nitrogen and oxygen atoms in total. The monoisotopic (exact) mass is 407 g/mol. The normalized spacial score (nSPS) is 28.5. The fourth-order valence-corrected chi connectivity index (χ4v) is 3.56. The van der Waals surface area contributed by atoms with E-state index in [9.17, 15) is 9.90 Å². The predicted octanol–water partition coefficient (Wildman–Crippen LogP) is 1.58. The SMILES string of the molecule is CC(C)(C)OC(=O)Nc1ncnc2c1ncn2[C@@H]1O[C@H](CO)[C@H]2OC(C)(C)O[C@H]21. The van der Waals surface area contributed by atoms with Gasteiger partial charge >= 0.3 is 6.09 Å². The van der Waals surface area contributed by atoms with Crippen LogP contribution in [0.25, 0.3) is 11.2 Å². The number of aromatic nitrogens is 4. The number of aliphatic hydroxyl groups excluding tert-OH is 1. The van der Waals surface area contributed by atoms with Gasteiger partial charge in [-0.3, -0.25) is 9.88 Å². The van der Waals surface area contributed by atoms with E-state index in [2.05, 4.69) is 20.3 Å². The van der Waals surface area contributed by atoms with E-state index < -0.39 is 42.0 Å². The van der Waals surface area contributed by atoms with Crippen LogP contribution < -0.4 is 5.32 Å². The molecule has 4 atom stereocenters. The molecule has 29 heavy (non-hydrogen) atoms. The largest absolute Gasteiger partial charge is 0.444 e. The van der Waals surface area contributed by atoms with Crippen molar-refractivity contribution in [3.8, 4) is 0 Å². The van der Waals surface area contributed by atoms with Gasteiger partial charge in [-0.2, -0.15) is 0 Å². The van der Waals surface area contributed by atoms with E-state index in [0.29, 0.717) is 11.2 Å². The molecule has 4 rings (SSSR count). The topological polar surface area (TPSA) is 130 Å². The Morgan fingerprint density at radius 2 is 2.00 bits per heavy atom. The molecule has 0 aliphatic carbocycles. The minimum absolute atomic E-state index is 0.204. The summed E-state index contributed by atoms with van der Waals surface area (Å²) in [6.07, 6.45) is 0.211. The van der Waals surface area contributed by atoms with Crippen LogP contribution in [-0.4, -0.2) is 67.0 Å². The second-order valence-corrected chi connectivity index (χ2v) is 8.49. The summed E-state index contributed by atoms with van der Waals surface area (Å²) >= 11 is 0. The number of rotatable bonds is 3. The fraction of sp³-hybridized carbons (Fsp3) is 0.667. The van der Waals surface area contributed by atoms with Crippen molar-refractivity contribution in [1.29, 1.82) is 0 Å². The Kier molecular flexibility index (Phi) is 4.73. The summed E-state index contributed by atoms with van der Waals surface area (Å²) in [5.41, 5.74) is 0.180. The summed E-state index contributed by atoms with van der Waals surface area (Å²) < 4.78 is 24.8. The van der Waals surface area contributed by atoms with Gasteiger partial charge in [-0.25, -0.2) is 19.7 Å². The molecular formula is C18H25N5O6. The number of hydrogen-bond acceptors (Lipinski definition) is 9. The molecule has 2 aromatic heterocycles. The third-order valence-corrected chi connectivity index (χ3v) is 4.56. The second kappa shape index (κ2) is 6.87. The number of fused-ring (bicyclic) bond motifs is 2. The average molecular weight is 407 g/mol. The molecule has 2 aromatic rings. The lowest BCUT2D eigenvalue weighted by Gasteiger charge is -2.24. The number of hydrogen-bond donors (Lipinski definition) is 2. The molecule has 0 spiro atoms. The highest BCUT2D eigenvalue weighted by atomic mass is 16.8. The lowest BCUT2D eigenvalue weighted by atomic mass is 10.1. The van der Waals surface area contributed by atoms with Crippen LogP contribution in [0, 0.1) is 0 Å². The zero-order valence-corrected chi connectivity index (χ0v) is 16.9. The minimum Gasteiger partial charge on any atom is -0.444 e. The number of nitrogens with one attached hydrogen (secondary N) is 1. The van der Waals surface area contributed by atoms with Gasteiger partial charge in [0.2, 0.25) is 0 Å². The zero-order chi connectivity index (χ0) is 21.0. The van der Waals surface area contributed by atoms with E-state index in [1.807, 2.05) is 13.8 Å². The van der Waals surface area contributed by atoms with E-state index in [1.165, 1.54) is 12.7 Å². The van der Waals surface area contributed by atoms with E-state index in [-0.39, 0.29) is 12.4 Å². The molecule has 0 bridgehead atoms. The van der Waals surface area contributed by atoms with Crippen molar-refractivity contribution in [2.24, 2.45) is 0 Å². The number of ether oxygens (including phenoxy) is 4. The second-order valence-electron chi connectivity index (χ2n) is 8.49. The highest BCUT2D eigenvalue weighted by Crippen LogP contribution is 2.43. The average Bonchev–Trinajstić information content (AvgIpc) is 3.24. The van der Waals surface area contributed by atoms with E-state index in [1.54, 1.807) is 25.3 Å². The van der Waals surface area contributed by atoms with Crippen LogP contribution in [0.3, 0.4) is 0 Å². The maximum atomic E-state index is 12.1. The Morgan fingerprint density at radius 3 is 2.69 bits per heavy atom. The Morgan fingerprint density at radius 1 is 1.28 bits per heavy atom. The first-order valence-electron chi connectivity index (χ1n) is 9.37. The molecule has 2 N–H and O–H groups in total. The first-order chi connectivity index (χ1) is 13.6. The van der Waals surface area contributed by atoms with E-state index in [0.717, 1.165) is 0 Å². The zero-order valence-electron chi connectivity index (χ0n) is 16.9. The Hall–Kier alpha value is -2.34. The van der Waals surface area contributed by atoms with Crippen molar-refractivity contribution in [2.45, 2.75) is 70.5 Å². The number of nitrogens with zero attached hydrogens (tertiary/aromatic N) is 4. The van der Waals surface area contributed by atoms with Crippen LogP contribution in [0.2, 0.25) is 0 Å². The molecule has 4 heterocycles. The molecule has 2 saturated heterocycles. The number of anilines is 1. The van der Waals surface area contributed by atoms with Crippen LogP contribution in [0.15, 0.2) is 12.7 Å². The van der Waals surface area contributed by atoms with Gasteiger partial charge in [0.1, 0.15) is 30.2 Å². The Bertz CT molecular complexity index is 923. The predicted molar refractivity (Wildman–Crippen MR) is 100 cm³/mol. The quantitative estimate of drug-likeness (QED) is 0.779. The van der Waals surface area contributed by atoms with Crippen molar-refractivity contribution >= 4 is 23.1 Å². The number of aliphatic hydroxyl groups is 1. The molecule has 0 saturated carbocycles. The molecule has 1 amide bonds. The van der Waals surface area contributed by atoms with Gasteiger partial charge in [-0.1, -0.05) is 0 Å². The number of carbonyl (C=O) groups excluding carboxylic acids is 1. The highest BCUT2D eigenvalue weighted by molar-refractivity contribution is 5.93. The first-order valence-corrected chi connectivity index (χ1v) is 9.37. The molecule has 2 aliphatic rings. The number of imidazole rings is 1. The van der Waals surface area contributed by atoms with Crippen molar-refractivity contribution in [1.82, 2.24) is 19.5 Å². The van der Waals surface area contributed by atoms with Gasteiger partial charge in [0, 0.05) is 0 Å². The molecule has 2 aliphatic heterocycles. The molecular weight excluding hydrogens is 382 g/mol. The van der Waals surface area contributed by atoms with E-state index in [4.69, 9.17) is 18.9 Å². The molecule has 0 radical (unpaired) electrons. The standard InChI is InChI=1S/C18H25N5O6/c1-17(2,3)29-16(25)22-13-10-14(20-7-19-13)23(8-21-10)15-12-11(9(6-24)26-15)27-18(4,5)28-12/h7-9,11-12,15,24H,6H2,1-5H3,(H,19,20,22,25)/t9-,11-,12-,15-/m1/s1. The van der Waals surface area contributed by atoms with Gasteiger partial charge in [0.15, 0.2) is 29.0 Å². The van der Waals surface area contributed by atoms with Crippen molar-refractivity contribution in [2.75, 3.05) is 11.9 Å². The first kappa shape index (κ1) is 20.0. The third kappa shape index (κ3) is 3.78. The van der Waals surface area contributed by atoms with Crippen LogP contribution >= 0.6 is 0 Å². The highest BCUT2D eigenvalue weighted by Gasteiger charge is 2.56. The van der Waals surface area contributed by atoms with E-state index >= 15 is 0 Å². The molecule has 158 valence electrons. The smallest absolute Gasteiger partial charge is 0.413 e.